The molecule has 2 unspecified atom stereocenters. The van der Waals surface area contributed by atoms with Crippen molar-refractivity contribution in [1.29, 1.82) is 0 Å². The largest absolute Gasteiger partial charge is 0.417 e. The van der Waals surface area contributed by atoms with E-state index in [1.165, 1.54) is 13.1 Å². The molecule has 2 heterocycles. The summed E-state index contributed by atoms with van der Waals surface area (Å²) in [4.78, 5) is -0.743. The van der Waals surface area contributed by atoms with Crippen LogP contribution in [0.15, 0.2) is 23.1 Å². The first-order chi connectivity index (χ1) is 11.1. The van der Waals surface area contributed by atoms with Crippen LogP contribution in [-0.4, -0.2) is 37.9 Å². The lowest BCUT2D eigenvalue weighted by Crippen LogP contribution is -2.48. The van der Waals surface area contributed by atoms with Gasteiger partial charge in [-0.2, -0.15) is 17.5 Å². The number of sulfonamides is 1. The summed E-state index contributed by atoms with van der Waals surface area (Å²) in [6.07, 6.45) is -1.61. The number of rotatable bonds is 3. The third kappa shape index (κ3) is 3.29. The van der Waals surface area contributed by atoms with E-state index >= 15 is 0 Å². The van der Waals surface area contributed by atoms with E-state index in [1.807, 2.05) is 0 Å². The van der Waals surface area contributed by atoms with E-state index in [-0.39, 0.29) is 23.1 Å². The number of hydrogen-bond acceptors (Lipinski definition) is 3. The fourth-order valence-electron chi connectivity index (χ4n) is 3.62. The molecule has 1 aromatic carbocycles. The maximum absolute atomic E-state index is 13.2. The van der Waals surface area contributed by atoms with Crippen molar-refractivity contribution in [3.05, 3.63) is 28.8 Å². The highest BCUT2D eigenvalue weighted by Gasteiger charge is 2.42. The van der Waals surface area contributed by atoms with Gasteiger partial charge in [-0.3, -0.25) is 0 Å². The Morgan fingerprint density at radius 3 is 2.33 bits per heavy atom. The second kappa shape index (κ2) is 6.16. The van der Waals surface area contributed by atoms with Gasteiger partial charge in [0.2, 0.25) is 10.0 Å². The molecule has 0 aromatic heterocycles. The van der Waals surface area contributed by atoms with Gasteiger partial charge < -0.3 is 5.32 Å². The standard InChI is InChI=1S/C15H18ClF3N2O2S/c1-21(12-7-10-3-4-11(8-12)20-10)24(22,23)14-5-2-9(16)6-13(14)15(17,18)19/h2,5-6,10-12,20H,3-4,7-8H2,1H3. The molecule has 134 valence electrons. The summed E-state index contributed by atoms with van der Waals surface area (Å²) in [5, 5.41) is 3.24. The molecule has 0 aliphatic carbocycles. The Hall–Kier alpha value is -0.830. The van der Waals surface area contributed by atoms with Crippen LogP contribution in [0.2, 0.25) is 5.02 Å². The van der Waals surface area contributed by atoms with Crippen molar-refractivity contribution < 1.29 is 21.6 Å². The monoisotopic (exact) mass is 382 g/mol. The van der Waals surface area contributed by atoms with Crippen molar-refractivity contribution in [3.63, 3.8) is 0 Å². The Morgan fingerprint density at radius 2 is 1.79 bits per heavy atom. The highest BCUT2D eigenvalue weighted by molar-refractivity contribution is 7.89. The van der Waals surface area contributed by atoms with Gasteiger partial charge in [0.25, 0.3) is 0 Å². The second-order valence-corrected chi connectivity index (χ2v) is 8.82. The van der Waals surface area contributed by atoms with Gasteiger partial charge in [0, 0.05) is 30.2 Å². The highest BCUT2D eigenvalue weighted by Crippen LogP contribution is 2.38. The maximum atomic E-state index is 13.2. The van der Waals surface area contributed by atoms with Crippen LogP contribution in [0.1, 0.15) is 31.2 Å². The number of nitrogens with zero attached hydrogens (tertiary/aromatic N) is 1. The SMILES string of the molecule is CN(C1CC2CCC(C1)N2)S(=O)(=O)c1ccc(Cl)cc1C(F)(F)F. The Morgan fingerprint density at radius 1 is 1.21 bits per heavy atom. The van der Waals surface area contributed by atoms with Crippen molar-refractivity contribution in [3.8, 4) is 0 Å². The number of piperidine rings is 1. The molecule has 0 amide bonds. The summed E-state index contributed by atoms with van der Waals surface area (Å²) in [6.45, 7) is 0. The zero-order valence-electron chi connectivity index (χ0n) is 13.0. The number of alkyl halides is 3. The minimum Gasteiger partial charge on any atom is -0.311 e. The Labute approximate surface area is 144 Å². The van der Waals surface area contributed by atoms with E-state index in [9.17, 15) is 21.6 Å². The van der Waals surface area contributed by atoms with Crippen LogP contribution in [0.4, 0.5) is 13.2 Å². The Bertz CT molecular complexity index is 727. The normalized spacial score (nSPS) is 27.7. The van der Waals surface area contributed by atoms with E-state index < -0.39 is 26.7 Å². The fourth-order valence-corrected chi connectivity index (χ4v) is 5.36. The quantitative estimate of drug-likeness (QED) is 0.873. The number of hydrogen-bond donors (Lipinski definition) is 1. The van der Waals surface area contributed by atoms with E-state index in [1.54, 1.807) is 0 Å². The summed E-state index contributed by atoms with van der Waals surface area (Å²) in [6, 6.07) is 2.94. The second-order valence-electron chi connectivity index (χ2n) is 6.42. The zero-order chi connectivity index (χ0) is 17.7. The molecule has 1 N–H and O–H groups in total. The number of nitrogens with one attached hydrogen (secondary N) is 1. The first kappa shape index (κ1) is 18.0. The molecule has 0 radical (unpaired) electrons. The van der Waals surface area contributed by atoms with Gasteiger partial charge >= 0.3 is 6.18 Å². The molecule has 24 heavy (non-hydrogen) atoms. The molecule has 2 saturated heterocycles. The molecule has 2 aliphatic heterocycles. The van der Waals surface area contributed by atoms with Crippen molar-refractivity contribution in [2.75, 3.05) is 7.05 Å². The third-order valence-corrected chi connectivity index (χ3v) is 7.07. The van der Waals surface area contributed by atoms with E-state index in [0.29, 0.717) is 18.9 Å². The van der Waals surface area contributed by atoms with Crippen molar-refractivity contribution in [1.82, 2.24) is 9.62 Å². The smallest absolute Gasteiger partial charge is 0.311 e. The summed E-state index contributed by atoms with van der Waals surface area (Å²) >= 11 is 5.63. The lowest BCUT2D eigenvalue weighted by Gasteiger charge is -2.35. The van der Waals surface area contributed by atoms with Gasteiger partial charge in [-0.1, -0.05) is 11.6 Å². The molecule has 2 aliphatic rings. The lowest BCUT2D eigenvalue weighted by molar-refractivity contribution is -0.139. The van der Waals surface area contributed by atoms with Gasteiger partial charge in [0.05, 0.1) is 10.5 Å². The first-order valence-electron chi connectivity index (χ1n) is 7.70. The summed E-state index contributed by atoms with van der Waals surface area (Å²) in [7, 11) is -2.90. The number of benzene rings is 1. The molecule has 4 nitrogen and oxygen atoms in total. The molecule has 1 aromatic rings. The van der Waals surface area contributed by atoms with Crippen LogP contribution >= 0.6 is 11.6 Å². The third-order valence-electron chi connectivity index (χ3n) is 4.87. The molecule has 2 fully saturated rings. The van der Waals surface area contributed by atoms with Gasteiger partial charge in [0.1, 0.15) is 0 Å². The molecule has 2 bridgehead atoms. The predicted molar refractivity (Wildman–Crippen MR) is 84.4 cm³/mol. The van der Waals surface area contributed by atoms with Crippen LogP contribution in [0, 0.1) is 0 Å². The van der Waals surface area contributed by atoms with Crippen molar-refractivity contribution >= 4 is 21.6 Å². The minimum absolute atomic E-state index is 0.149. The lowest BCUT2D eigenvalue weighted by atomic mass is 10.0. The van der Waals surface area contributed by atoms with Crippen molar-refractivity contribution in [2.45, 2.75) is 54.9 Å². The number of halogens is 4. The average molecular weight is 383 g/mol. The molecular formula is C15H18ClF3N2O2S. The van der Waals surface area contributed by atoms with Crippen LogP contribution in [0.3, 0.4) is 0 Å². The molecular weight excluding hydrogens is 365 g/mol. The van der Waals surface area contributed by atoms with Gasteiger partial charge in [-0.05, 0) is 43.9 Å². The maximum Gasteiger partial charge on any atom is 0.417 e. The van der Waals surface area contributed by atoms with Crippen LogP contribution in [-0.2, 0) is 16.2 Å². The van der Waals surface area contributed by atoms with Gasteiger partial charge in [-0.15, -0.1) is 0 Å². The average Bonchev–Trinajstić information content (AvgIpc) is 2.83. The summed E-state index contributed by atoms with van der Waals surface area (Å²) in [5.74, 6) is 0. The molecule has 3 rings (SSSR count). The fraction of sp³-hybridized carbons (Fsp3) is 0.600. The van der Waals surface area contributed by atoms with E-state index in [4.69, 9.17) is 11.6 Å². The first-order valence-corrected chi connectivity index (χ1v) is 9.51. The minimum atomic E-state index is -4.79. The van der Waals surface area contributed by atoms with Crippen LogP contribution < -0.4 is 5.32 Å². The molecule has 0 spiro atoms. The zero-order valence-corrected chi connectivity index (χ0v) is 14.5. The summed E-state index contributed by atoms with van der Waals surface area (Å²) < 4.78 is 66.4. The molecule has 2 atom stereocenters. The van der Waals surface area contributed by atoms with Gasteiger partial charge in [-0.25, -0.2) is 8.42 Å². The van der Waals surface area contributed by atoms with Crippen LogP contribution in [0.25, 0.3) is 0 Å². The predicted octanol–water partition coefficient (Wildman–Crippen LogP) is 3.26. The molecule has 9 heteroatoms. The Kier molecular flexibility index (Phi) is 4.61. The number of fused-ring (bicyclic) bond motifs is 2. The highest BCUT2D eigenvalue weighted by atomic mass is 35.5. The van der Waals surface area contributed by atoms with Crippen LogP contribution in [0.5, 0.6) is 0 Å². The topological polar surface area (TPSA) is 49.4 Å². The van der Waals surface area contributed by atoms with Crippen molar-refractivity contribution in [2.24, 2.45) is 0 Å². The van der Waals surface area contributed by atoms with E-state index in [2.05, 4.69) is 5.32 Å². The molecule has 0 saturated carbocycles. The summed E-state index contributed by atoms with van der Waals surface area (Å²) in [5.41, 5.74) is -1.22. The van der Waals surface area contributed by atoms with Gasteiger partial charge in [0.15, 0.2) is 0 Å². The van der Waals surface area contributed by atoms with E-state index in [0.717, 1.165) is 23.2 Å². The Balaban J connectivity index is 1.96.